The fraction of sp³-hybridized carbons (Fsp3) is 0.533. The minimum Gasteiger partial charge on any atom is -0.382 e. The molecule has 0 aliphatic carbocycles. The monoisotopic (exact) mass is 308 g/mol. The van der Waals surface area contributed by atoms with Crippen molar-refractivity contribution in [3.63, 3.8) is 0 Å². The van der Waals surface area contributed by atoms with Gasteiger partial charge in [0.15, 0.2) is 5.96 Å². The third-order valence-corrected chi connectivity index (χ3v) is 3.07. The van der Waals surface area contributed by atoms with Gasteiger partial charge in [0.2, 0.25) is 0 Å². The van der Waals surface area contributed by atoms with Crippen molar-refractivity contribution < 1.29 is 9.66 Å². The molecule has 0 heterocycles. The Morgan fingerprint density at radius 3 is 2.77 bits per heavy atom. The van der Waals surface area contributed by atoms with Gasteiger partial charge >= 0.3 is 0 Å². The van der Waals surface area contributed by atoms with Crippen molar-refractivity contribution in [2.24, 2.45) is 4.99 Å². The van der Waals surface area contributed by atoms with Gasteiger partial charge in [-0.15, -0.1) is 0 Å². The second kappa shape index (κ2) is 10.6. The Morgan fingerprint density at radius 2 is 2.09 bits per heavy atom. The number of aliphatic imine (C=N–C) groups is 1. The van der Waals surface area contributed by atoms with Crippen LogP contribution >= 0.6 is 0 Å². The molecule has 0 unspecified atom stereocenters. The van der Waals surface area contributed by atoms with Gasteiger partial charge < -0.3 is 15.4 Å². The molecule has 7 heteroatoms. The summed E-state index contributed by atoms with van der Waals surface area (Å²) in [5.41, 5.74) is 0.744. The van der Waals surface area contributed by atoms with E-state index in [1.165, 1.54) is 6.07 Å². The molecule has 0 atom stereocenters. The van der Waals surface area contributed by atoms with Gasteiger partial charge in [-0.05, 0) is 19.8 Å². The van der Waals surface area contributed by atoms with E-state index in [1.54, 1.807) is 25.2 Å². The van der Waals surface area contributed by atoms with Crippen LogP contribution in [0.3, 0.4) is 0 Å². The molecule has 0 saturated heterocycles. The molecule has 22 heavy (non-hydrogen) atoms. The van der Waals surface area contributed by atoms with Gasteiger partial charge in [-0.3, -0.25) is 15.1 Å². The van der Waals surface area contributed by atoms with E-state index in [0.29, 0.717) is 18.1 Å². The summed E-state index contributed by atoms with van der Waals surface area (Å²) < 4.78 is 5.27. The van der Waals surface area contributed by atoms with Crippen LogP contribution in [0.25, 0.3) is 0 Å². The molecular formula is C15H24N4O3. The fourth-order valence-corrected chi connectivity index (χ4v) is 1.92. The van der Waals surface area contributed by atoms with Crippen molar-refractivity contribution in [1.29, 1.82) is 0 Å². The highest BCUT2D eigenvalue weighted by atomic mass is 16.6. The first-order valence-electron chi connectivity index (χ1n) is 7.43. The number of guanidine groups is 1. The molecule has 1 aromatic carbocycles. The van der Waals surface area contributed by atoms with Gasteiger partial charge in [0.25, 0.3) is 5.69 Å². The molecular weight excluding hydrogens is 284 g/mol. The molecule has 0 radical (unpaired) electrons. The maximum atomic E-state index is 11.0. The number of nitrogens with zero attached hydrogens (tertiary/aromatic N) is 2. The van der Waals surface area contributed by atoms with Gasteiger partial charge in [-0.2, -0.15) is 0 Å². The molecule has 0 amide bonds. The lowest BCUT2D eigenvalue weighted by molar-refractivity contribution is -0.385. The van der Waals surface area contributed by atoms with Crippen molar-refractivity contribution in [1.82, 2.24) is 10.6 Å². The van der Waals surface area contributed by atoms with Gasteiger partial charge in [0.1, 0.15) is 0 Å². The summed E-state index contributed by atoms with van der Waals surface area (Å²) >= 11 is 0. The Labute approximate surface area is 130 Å². The zero-order chi connectivity index (χ0) is 16.2. The lowest BCUT2D eigenvalue weighted by atomic mass is 10.2. The third-order valence-electron chi connectivity index (χ3n) is 3.07. The normalized spacial score (nSPS) is 11.3. The largest absolute Gasteiger partial charge is 0.382 e. The number of ether oxygens (including phenoxy) is 1. The standard InChI is InChI=1S/C15H24N4O3/c1-3-22-11-7-6-10-17-15(16-2)18-12-13-8-4-5-9-14(13)19(20)21/h4-5,8-9H,3,6-7,10-12H2,1-2H3,(H2,16,17,18). The number of para-hydroxylation sites is 1. The summed E-state index contributed by atoms with van der Waals surface area (Å²) in [6, 6.07) is 6.68. The van der Waals surface area contributed by atoms with Crippen LogP contribution in [0.15, 0.2) is 29.3 Å². The molecule has 1 rings (SSSR count). The van der Waals surface area contributed by atoms with Crippen LogP contribution in [0.1, 0.15) is 25.3 Å². The molecule has 0 saturated carbocycles. The molecule has 0 fully saturated rings. The highest BCUT2D eigenvalue weighted by molar-refractivity contribution is 5.79. The van der Waals surface area contributed by atoms with E-state index < -0.39 is 0 Å². The van der Waals surface area contributed by atoms with Crippen LogP contribution in [0, 0.1) is 10.1 Å². The predicted octanol–water partition coefficient (Wildman–Crippen LogP) is 2.08. The van der Waals surface area contributed by atoms with E-state index in [0.717, 1.165) is 32.6 Å². The highest BCUT2D eigenvalue weighted by Gasteiger charge is 2.12. The van der Waals surface area contributed by atoms with Gasteiger partial charge in [0, 0.05) is 45.0 Å². The topological polar surface area (TPSA) is 88.8 Å². The Balaban J connectivity index is 2.37. The van der Waals surface area contributed by atoms with Crippen LogP contribution in [0.2, 0.25) is 0 Å². The van der Waals surface area contributed by atoms with Gasteiger partial charge in [0.05, 0.1) is 4.92 Å². The first-order valence-corrected chi connectivity index (χ1v) is 7.43. The van der Waals surface area contributed by atoms with Crippen LogP contribution in [-0.2, 0) is 11.3 Å². The van der Waals surface area contributed by atoms with Gasteiger partial charge in [-0.25, -0.2) is 0 Å². The number of unbranched alkanes of at least 4 members (excludes halogenated alkanes) is 1. The summed E-state index contributed by atoms with van der Waals surface area (Å²) in [6.07, 6.45) is 1.97. The molecule has 0 aliphatic rings. The van der Waals surface area contributed by atoms with E-state index in [-0.39, 0.29) is 10.6 Å². The first-order chi connectivity index (χ1) is 10.7. The summed E-state index contributed by atoms with van der Waals surface area (Å²) in [5.74, 6) is 0.634. The van der Waals surface area contributed by atoms with Gasteiger partial charge in [-0.1, -0.05) is 18.2 Å². The van der Waals surface area contributed by atoms with Crippen molar-refractivity contribution in [3.8, 4) is 0 Å². The highest BCUT2D eigenvalue weighted by Crippen LogP contribution is 2.16. The summed E-state index contributed by atoms with van der Waals surface area (Å²) in [7, 11) is 1.68. The minimum atomic E-state index is -0.374. The fourth-order valence-electron chi connectivity index (χ4n) is 1.92. The maximum Gasteiger partial charge on any atom is 0.274 e. The average Bonchev–Trinajstić information content (AvgIpc) is 2.53. The Kier molecular flexibility index (Phi) is 8.59. The van der Waals surface area contributed by atoms with Crippen LogP contribution in [-0.4, -0.2) is 37.7 Å². The number of nitro groups is 1. The number of benzene rings is 1. The Bertz CT molecular complexity index is 491. The first kappa shape index (κ1) is 17.9. The number of hydrogen-bond acceptors (Lipinski definition) is 4. The quantitative estimate of drug-likeness (QED) is 0.240. The Morgan fingerprint density at radius 1 is 1.32 bits per heavy atom. The molecule has 2 N–H and O–H groups in total. The number of hydrogen-bond donors (Lipinski definition) is 2. The van der Waals surface area contributed by atoms with Crippen LogP contribution in [0.4, 0.5) is 5.69 Å². The van der Waals surface area contributed by atoms with E-state index in [9.17, 15) is 10.1 Å². The SMILES string of the molecule is CCOCCCCNC(=NC)NCc1ccccc1[N+](=O)[O-]. The van der Waals surface area contributed by atoms with E-state index >= 15 is 0 Å². The predicted molar refractivity (Wildman–Crippen MR) is 87.0 cm³/mol. The second-order valence-electron chi connectivity index (χ2n) is 4.64. The molecule has 1 aromatic rings. The summed E-state index contributed by atoms with van der Waals surface area (Å²) in [5, 5.41) is 17.2. The zero-order valence-corrected chi connectivity index (χ0v) is 13.2. The second-order valence-corrected chi connectivity index (χ2v) is 4.64. The molecule has 0 aliphatic heterocycles. The van der Waals surface area contributed by atoms with E-state index in [1.807, 2.05) is 6.92 Å². The molecule has 0 aromatic heterocycles. The lowest BCUT2D eigenvalue weighted by Crippen LogP contribution is -2.37. The maximum absolute atomic E-state index is 11.0. The summed E-state index contributed by atoms with van der Waals surface area (Å²) in [6.45, 7) is 4.62. The van der Waals surface area contributed by atoms with Crippen LogP contribution < -0.4 is 10.6 Å². The smallest absolute Gasteiger partial charge is 0.274 e. The minimum absolute atomic E-state index is 0.113. The molecule has 0 bridgehead atoms. The lowest BCUT2D eigenvalue weighted by Gasteiger charge is -2.12. The Hall–Kier alpha value is -2.15. The van der Waals surface area contributed by atoms with E-state index in [4.69, 9.17) is 4.74 Å². The number of nitro benzene ring substituents is 1. The zero-order valence-electron chi connectivity index (χ0n) is 13.2. The average molecular weight is 308 g/mol. The van der Waals surface area contributed by atoms with Crippen molar-refractivity contribution in [2.45, 2.75) is 26.3 Å². The van der Waals surface area contributed by atoms with Crippen molar-refractivity contribution in [2.75, 3.05) is 26.8 Å². The molecule has 0 spiro atoms. The number of nitrogens with one attached hydrogen (secondary N) is 2. The summed E-state index contributed by atoms with van der Waals surface area (Å²) in [4.78, 5) is 14.7. The van der Waals surface area contributed by atoms with E-state index in [2.05, 4.69) is 15.6 Å². The third kappa shape index (κ3) is 6.53. The van der Waals surface area contributed by atoms with Crippen LogP contribution in [0.5, 0.6) is 0 Å². The molecule has 122 valence electrons. The molecule has 7 nitrogen and oxygen atoms in total. The van der Waals surface area contributed by atoms with Crippen molar-refractivity contribution in [3.05, 3.63) is 39.9 Å². The number of rotatable bonds is 9. The van der Waals surface area contributed by atoms with Crippen molar-refractivity contribution >= 4 is 11.6 Å².